The number of carbonyl (C=O) groups excluding carboxylic acids is 1. The zero-order valence-electron chi connectivity index (χ0n) is 23.3. The molecule has 0 radical (unpaired) electrons. The van der Waals surface area contributed by atoms with Gasteiger partial charge in [0.15, 0.2) is 9.84 Å². The highest BCUT2D eigenvalue weighted by Crippen LogP contribution is 2.40. The van der Waals surface area contributed by atoms with Crippen molar-refractivity contribution in [2.45, 2.75) is 57.2 Å². The molecule has 6 nitrogen and oxygen atoms in total. The first-order chi connectivity index (χ1) is 19.4. The van der Waals surface area contributed by atoms with Gasteiger partial charge < -0.3 is 9.80 Å². The Morgan fingerprint density at radius 1 is 0.952 bits per heavy atom. The molecule has 232 valence electrons. The lowest BCUT2D eigenvalue weighted by molar-refractivity contribution is -0.143. The number of aryl methyl sites for hydroxylation is 1. The van der Waals surface area contributed by atoms with Crippen LogP contribution in [0.3, 0.4) is 0 Å². The molecule has 2 fully saturated rings. The Morgan fingerprint density at radius 3 is 2.05 bits per heavy atom. The molecule has 2 aliphatic rings. The van der Waals surface area contributed by atoms with Crippen molar-refractivity contribution in [3.05, 3.63) is 70.0 Å². The number of halogens is 7. The largest absolute Gasteiger partial charge is 0.416 e. The van der Waals surface area contributed by atoms with Crippen LogP contribution >= 0.6 is 0 Å². The Kier molecular flexibility index (Phi) is 8.90. The lowest BCUT2D eigenvalue weighted by atomic mass is 9.88. The average molecular weight is 624 g/mol. The zero-order chi connectivity index (χ0) is 31.2. The fourth-order valence-electron chi connectivity index (χ4n) is 5.72. The number of amides is 2. The summed E-state index contributed by atoms with van der Waals surface area (Å²) in [6, 6.07) is 2.98. The van der Waals surface area contributed by atoms with E-state index in [1.807, 2.05) is 0 Å². The van der Waals surface area contributed by atoms with E-state index in [1.165, 1.54) is 31.0 Å². The van der Waals surface area contributed by atoms with Gasteiger partial charge in [-0.1, -0.05) is 6.07 Å². The van der Waals surface area contributed by atoms with E-state index in [1.54, 1.807) is 13.0 Å². The van der Waals surface area contributed by atoms with Crippen molar-refractivity contribution in [2.75, 3.05) is 38.2 Å². The summed E-state index contributed by atoms with van der Waals surface area (Å²) in [5.41, 5.74) is -2.04. The molecule has 3 atom stereocenters. The normalized spacial score (nSPS) is 22.6. The van der Waals surface area contributed by atoms with E-state index in [2.05, 4.69) is 4.90 Å². The van der Waals surface area contributed by atoms with Gasteiger partial charge in [-0.15, -0.1) is 0 Å². The molecule has 2 aromatic rings. The van der Waals surface area contributed by atoms with Crippen molar-refractivity contribution in [1.82, 2.24) is 14.7 Å². The number of carbonyl (C=O) groups is 1. The van der Waals surface area contributed by atoms with E-state index < -0.39 is 57.2 Å². The Hall–Kier alpha value is -2.87. The smallest absolute Gasteiger partial charge is 0.321 e. The van der Waals surface area contributed by atoms with Crippen LogP contribution in [-0.4, -0.2) is 73.4 Å². The lowest BCUT2D eigenvalue weighted by Crippen LogP contribution is -2.54. The van der Waals surface area contributed by atoms with Crippen LogP contribution < -0.4 is 0 Å². The fourth-order valence-corrected chi connectivity index (χ4v) is 6.95. The van der Waals surface area contributed by atoms with Gasteiger partial charge in [-0.3, -0.25) is 4.90 Å². The molecule has 14 heteroatoms. The number of piperidine rings is 1. The molecule has 2 saturated heterocycles. The van der Waals surface area contributed by atoms with Gasteiger partial charge in [-0.25, -0.2) is 17.6 Å². The Morgan fingerprint density at radius 2 is 1.52 bits per heavy atom. The number of likely N-dealkylation sites (tertiary alicyclic amines) is 1. The van der Waals surface area contributed by atoms with E-state index in [4.69, 9.17) is 0 Å². The van der Waals surface area contributed by atoms with Crippen LogP contribution in [0, 0.1) is 12.7 Å². The molecule has 0 spiro atoms. The first kappa shape index (κ1) is 32.1. The summed E-state index contributed by atoms with van der Waals surface area (Å²) in [4.78, 5) is 18.5. The number of rotatable bonds is 4. The number of hydrogen-bond donors (Lipinski definition) is 0. The minimum absolute atomic E-state index is 0.0174. The van der Waals surface area contributed by atoms with Crippen molar-refractivity contribution < 1.29 is 43.9 Å². The number of alkyl halides is 6. The number of urea groups is 1. The molecule has 42 heavy (non-hydrogen) atoms. The van der Waals surface area contributed by atoms with Gasteiger partial charge >= 0.3 is 18.4 Å². The highest BCUT2D eigenvalue weighted by molar-refractivity contribution is 7.91. The molecule has 0 aliphatic carbocycles. The molecule has 0 N–H and O–H groups in total. The number of sulfone groups is 1. The molecule has 0 aromatic heterocycles. The van der Waals surface area contributed by atoms with E-state index >= 15 is 0 Å². The number of benzene rings is 2. The van der Waals surface area contributed by atoms with Gasteiger partial charge in [0.05, 0.1) is 34.7 Å². The van der Waals surface area contributed by atoms with Crippen LogP contribution in [0.2, 0.25) is 0 Å². The molecule has 4 rings (SSSR count). The van der Waals surface area contributed by atoms with Gasteiger partial charge in [-0.2, -0.15) is 26.3 Å². The molecule has 2 amide bonds. The second-order valence-corrected chi connectivity index (χ2v) is 13.3. The molecule has 2 aliphatic heterocycles. The van der Waals surface area contributed by atoms with Crippen LogP contribution in [0.5, 0.6) is 0 Å². The maximum Gasteiger partial charge on any atom is 0.416 e. The van der Waals surface area contributed by atoms with Gasteiger partial charge in [0.25, 0.3) is 0 Å². The molecule has 2 aromatic carbocycles. The monoisotopic (exact) mass is 623 g/mol. The summed E-state index contributed by atoms with van der Waals surface area (Å²) in [6.07, 6.45) is -9.19. The molecule has 0 unspecified atom stereocenters. The quantitative estimate of drug-likeness (QED) is 0.380. The zero-order valence-corrected chi connectivity index (χ0v) is 24.1. The molecular formula is C28H32F7N3O3S. The van der Waals surface area contributed by atoms with Crippen molar-refractivity contribution >= 4 is 15.9 Å². The third kappa shape index (κ3) is 7.01. The van der Waals surface area contributed by atoms with E-state index in [-0.39, 0.29) is 35.7 Å². The maximum absolute atomic E-state index is 14.0. The number of nitrogens with zero attached hydrogens (tertiary/aromatic N) is 3. The highest BCUT2D eigenvalue weighted by atomic mass is 32.2. The van der Waals surface area contributed by atoms with Gasteiger partial charge in [0.2, 0.25) is 0 Å². The first-order valence-corrected chi connectivity index (χ1v) is 15.2. The summed E-state index contributed by atoms with van der Waals surface area (Å²) in [5.74, 6) is -0.439. The van der Waals surface area contributed by atoms with Crippen LogP contribution in [0.4, 0.5) is 35.5 Å². The average Bonchev–Trinajstić information content (AvgIpc) is 2.90. The van der Waals surface area contributed by atoms with Crippen molar-refractivity contribution in [1.29, 1.82) is 0 Å². The molecule has 0 bridgehead atoms. The second kappa shape index (κ2) is 11.7. The SMILES string of the molecule is Cc1cc(F)ccc1[C@H]1C[C@@H](N2CCS(=O)(=O)CC2)CCN1C(=O)N(C)[C@H](C)c1cc(C(F)(F)F)cc(C(F)(F)F)c1. The predicted octanol–water partition coefficient (Wildman–Crippen LogP) is 6.22. The minimum Gasteiger partial charge on any atom is -0.321 e. The number of hydrogen-bond acceptors (Lipinski definition) is 4. The lowest BCUT2D eigenvalue weighted by Gasteiger charge is -2.46. The van der Waals surface area contributed by atoms with Crippen molar-refractivity contribution in [3.8, 4) is 0 Å². The summed E-state index contributed by atoms with van der Waals surface area (Å²) >= 11 is 0. The van der Waals surface area contributed by atoms with E-state index in [9.17, 15) is 43.9 Å². The minimum atomic E-state index is -5.03. The van der Waals surface area contributed by atoms with E-state index in [0.29, 0.717) is 49.2 Å². The summed E-state index contributed by atoms with van der Waals surface area (Å²) in [5, 5.41) is 0. The molecule has 2 heterocycles. The summed E-state index contributed by atoms with van der Waals surface area (Å²) < 4.78 is 119. The van der Waals surface area contributed by atoms with Crippen molar-refractivity contribution in [2.24, 2.45) is 0 Å². The van der Waals surface area contributed by atoms with Gasteiger partial charge in [0.1, 0.15) is 5.82 Å². The predicted molar refractivity (Wildman–Crippen MR) is 142 cm³/mol. The van der Waals surface area contributed by atoms with Crippen LogP contribution in [0.25, 0.3) is 0 Å². The first-order valence-electron chi connectivity index (χ1n) is 13.4. The fraction of sp³-hybridized carbons (Fsp3) is 0.536. The van der Waals surface area contributed by atoms with E-state index in [0.717, 1.165) is 4.90 Å². The molecule has 0 saturated carbocycles. The van der Waals surface area contributed by atoms with Crippen LogP contribution in [-0.2, 0) is 22.2 Å². The van der Waals surface area contributed by atoms with Crippen LogP contribution in [0.15, 0.2) is 36.4 Å². The van der Waals surface area contributed by atoms with Gasteiger partial charge in [-0.05, 0) is 73.7 Å². The third-order valence-corrected chi connectivity index (χ3v) is 9.89. The van der Waals surface area contributed by atoms with Crippen molar-refractivity contribution in [3.63, 3.8) is 0 Å². The second-order valence-electron chi connectivity index (χ2n) is 11.0. The molecular weight excluding hydrogens is 591 g/mol. The standard InChI is InChI=1S/C28H32F7N3O3S/c1-17-12-22(29)4-5-24(17)25-16-23(37-8-10-42(40,41)11-9-37)6-7-38(25)26(39)36(3)18(2)19-13-20(27(30,31)32)15-21(14-19)28(33,34)35/h4-5,12-15,18,23,25H,6-11,16H2,1-3H3/t18-,23+,25-/m1/s1. The topological polar surface area (TPSA) is 60.9 Å². The maximum atomic E-state index is 14.0. The third-order valence-electron chi connectivity index (χ3n) is 8.28. The summed E-state index contributed by atoms with van der Waals surface area (Å²) in [7, 11) is -1.81. The van der Waals surface area contributed by atoms with Crippen LogP contribution in [0.1, 0.15) is 59.7 Å². The van der Waals surface area contributed by atoms with Gasteiger partial charge in [0, 0.05) is 32.7 Å². The Labute approximate surface area is 240 Å². The Balaban J connectivity index is 1.64. The Bertz CT molecular complexity index is 1380. The summed E-state index contributed by atoms with van der Waals surface area (Å²) in [6.45, 7) is 3.91. The highest BCUT2D eigenvalue weighted by Gasteiger charge is 2.41.